The number of hydrogen-bond donors (Lipinski definition) is 3. The number of aliphatic hydroxyl groups excluding tert-OH is 2. The number of carbonyl (C=O) groups excluding carboxylic acids is 1. The Morgan fingerprint density at radius 1 is 1.31 bits per heavy atom. The molecule has 0 bridgehead atoms. The van der Waals surface area contributed by atoms with E-state index in [1.165, 1.54) is 6.08 Å². The molecule has 3 unspecified atom stereocenters. The Morgan fingerprint density at radius 3 is 2.76 bits per heavy atom. The van der Waals surface area contributed by atoms with Crippen LogP contribution in [0.15, 0.2) is 36.4 Å². The maximum atomic E-state index is 12.1. The number of hydrogen-bond acceptors (Lipinski definition) is 5. The summed E-state index contributed by atoms with van der Waals surface area (Å²) in [6.45, 7) is 6.38. The van der Waals surface area contributed by atoms with Gasteiger partial charge in [0.25, 0.3) is 0 Å². The van der Waals surface area contributed by atoms with Gasteiger partial charge in [-0.3, -0.25) is 4.79 Å². The second-order valence-corrected chi connectivity index (χ2v) is 8.21. The molecule has 4 atom stereocenters. The third kappa shape index (κ3) is 4.46. The lowest BCUT2D eigenvalue weighted by Crippen LogP contribution is -2.27. The summed E-state index contributed by atoms with van der Waals surface area (Å²) < 4.78 is 5.28. The number of carbonyl (C=O) groups is 1. The fraction of sp³-hybridized carbons (Fsp3) is 0.458. The second kappa shape index (κ2) is 8.97. The van der Waals surface area contributed by atoms with Gasteiger partial charge in [-0.25, -0.2) is 0 Å². The molecule has 0 saturated carbocycles. The van der Waals surface area contributed by atoms with Crippen LogP contribution in [0.5, 0.6) is 11.5 Å². The standard InChI is InChI=1S/C24H30O5/c1-14-5-4-6-20(26)21(27)8-7-16-10-17-11-19(29-3)12-22(28)24(17)15(2)23(16)18(9-14)13-25/h4,6,10-12,14,18,21,23,25,27-28H,2,5,7-9,13H2,1,3H3/b6-4-/t14?,18?,21?,23-/m1/s1. The van der Waals surface area contributed by atoms with Crippen LogP contribution in [-0.2, 0) is 4.79 Å². The quantitative estimate of drug-likeness (QED) is 0.707. The summed E-state index contributed by atoms with van der Waals surface area (Å²) in [6, 6.07) is 3.42. The highest BCUT2D eigenvalue weighted by Crippen LogP contribution is 2.48. The third-order valence-corrected chi connectivity index (χ3v) is 6.06. The maximum absolute atomic E-state index is 12.1. The molecular weight excluding hydrogens is 368 g/mol. The van der Waals surface area contributed by atoms with E-state index in [1.54, 1.807) is 13.2 Å². The maximum Gasteiger partial charge on any atom is 0.183 e. The van der Waals surface area contributed by atoms with Crippen LogP contribution in [0.1, 0.15) is 43.7 Å². The van der Waals surface area contributed by atoms with Crippen LogP contribution in [0, 0.1) is 17.8 Å². The van der Waals surface area contributed by atoms with Gasteiger partial charge in [0.05, 0.1) is 7.11 Å². The molecule has 1 aromatic carbocycles. The molecule has 3 N–H and O–H groups in total. The first-order valence-electron chi connectivity index (χ1n) is 10.2. The van der Waals surface area contributed by atoms with Crippen molar-refractivity contribution in [3.8, 4) is 11.5 Å². The van der Waals surface area contributed by atoms with E-state index in [4.69, 9.17) is 4.74 Å². The molecule has 2 aliphatic carbocycles. The van der Waals surface area contributed by atoms with Crippen LogP contribution >= 0.6 is 0 Å². The van der Waals surface area contributed by atoms with Crippen LogP contribution in [0.3, 0.4) is 0 Å². The number of methoxy groups -OCH3 is 1. The summed E-state index contributed by atoms with van der Waals surface area (Å²) >= 11 is 0. The van der Waals surface area contributed by atoms with Gasteiger partial charge in [-0.05, 0) is 60.8 Å². The average Bonchev–Trinajstić information content (AvgIpc) is 2.69. The molecule has 5 heteroatoms. The first kappa shape index (κ1) is 21.3. The Labute approximate surface area is 172 Å². The minimum Gasteiger partial charge on any atom is -0.507 e. The second-order valence-electron chi connectivity index (χ2n) is 8.21. The van der Waals surface area contributed by atoms with Crippen molar-refractivity contribution in [2.75, 3.05) is 13.7 Å². The van der Waals surface area contributed by atoms with E-state index >= 15 is 0 Å². The Balaban J connectivity index is 2.08. The summed E-state index contributed by atoms with van der Waals surface area (Å²) in [5.74, 6) is 0.425. The van der Waals surface area contributed by atoms with Crippen molar-refractivity contribution in [3.05, 3.63) is 47.6 Å². The molecule has 2 aliphatic rings. The van der Waals surface area contributed by atoms with Gasteiger partial charge >= 0.3 is 0 Å². The molecule has 0 aromatic heterocycles. The Kier molecular flexibility index (Phi) is 6.60. The van der Waals surface area contributed by atoms with Crippen molar-refractivity contribution in [2.24, 2.45) is 17.8 Å². The number of phenols is 1. The van der Waals surface area contributed by atoms with E-state index in [0.29, 0.717) is 30.6 Å². The Morgan fingerprint density at radius 2 is 2.07 bits per heavy atom. The first-order valence-corrected chi connectivity index (χ1v) is 10.2. The molecule has 0 fully saturated rings. The topological polar surface area (TPSA) is 87.0 Å². The number of rotatable bonds is 2. The van der Waals surface area contributed by atoms with Crippen molar-refractivity contribution in [1.82, 2.24) is 0 Å². The molecule has 29 heavy (non-hydrogen) atoms. The van der Waals surface area contributed by atoms with E-state index in [9.17, 15) is 20.1 Å². The van der Waals surface area contributed by atoms with Gasteiger partial charge in [-0.1, -0.05) is 31.2 Å². The number of allylic oxidation sites excluding steroid dienone is 3. The summed E-state index contributed by atoms with van der Waals surface area (Å²) in [6.07, 6.45) is 6.50. The normalized spacial score (nSPS) is 29.0. The third-order valence-electron chi connectivity index (χ3n) is 6.06. The van der Waals surface area contributed by atoms with Crippen molar-refractivity contribution >= 4 is 17.4 Å². The van der Waals surface area contributed by atoms with E-state index in [2.05, 4.69) is 13.5 Å². The Hall–Kier alpha value is -2.37. The molecular formula is C24H30O5. The Bertz CT molecular complexity index is 851. The predicted octanol–water partition coefficient (Wildman–Crippen LogP) is 3.73. The van der Waals surface area contributed by atoms with Crippen LogP contribution in [0.2, 0.25) is 0 Å². The lowest BCUT2D eigenvalue weighted by atomic mass is 9.69. The van der Waals surface area contributed by atoms with Crippen LogP contribution in [0.25, 0.3) is 11.6 Å². The van der Waals surface area contributed by atoms with Gasteiger partial charge in [0.2, 0.25) is 0 Å². The van der Waals surface area contributed by atoms with Gasteiger partial charge in [0, 0.05) is 24.2 Å². The van der Waals surface area contributed by atoms with Crippen molar-refractivity contribution < 1.29 is 24.9 Å². The van der Waals surface area contributed by atoms with Crippen molar-refractivity contribution in [1.29, 1.82) is 0 Å². The van der Waals surface area contributed by atoms with Crippen molar-refractivity contribution in [3.63, 3.8) is 0 Å². The zero-order valence-corrected chi connectivity index (χ0v) is 17.1. The highest BCUT2D eigenvalue weighted by Gasteiger charge is 2.34. The summed E-state index contributed by atoms with van der Waals surface area (Å²) in [5, 5.41) is 31.1. The van der Waals surface area contributed by atoms with Gasteiger partial charge in [0.15, 0.2) is 5.78 Å². The molecule has 3 rings (SSSR count). The number of benzene rings is 1. The molecule has 0 heterocycles. The van der Waals surface area contributed by atoms with Gasteiger partial charge in [0.1, 0.15) is 17.6 Å². The highest BCUT2D eigenvalue weighted by atomic mass is 16.5. The molecule has 1 aromatic rings. The lowest BCUT2D eigenvalue weighted by Gasteiger charge is -2.36. The zero-order chi connectivity index (χ0) is 21.1. The lowest BCUT2D eigenvalue weighted by molar-refractivity contribution is -0.122. The summed E-state index contributed by atoms with van der Waals surface area (Å²) in [5.41, 5.74) is 3.25. The van der Waals surface area contributed by atoms with Crippen LogP contribution in [-0.4, -0.2) is 40.9 Å². The molecule has 156 valence electrons. The molecule has 0 radical (unpaired) electrons. The minimum atomic E-state index is -1.05. The van der Waals surface area contributed by atoms with Crippen LogP contribution in [0.4, 0.5) is 0 Å². The van der Waals surface area contributed by atoms with E-state index in [0.717, 1.165) is 23.1 Å². The van der Waals surface area contributed by atoms with Gasteiger partial charge in [-0.2, -0.15) is 0 Å². The smallest absolute Gasteiger partial charge is 0.183 e. The number of aliphatic hydroxyl groups is 2. The number of aromatic hydroxyl groups is 1. The summed E-state index contributed by atoms with van der Waals surface area (Å²) in [7, 11) is 1.55. The van der Waals surface area contributed by atoms with E-state index < -0.39 is 6.10 Å². The highest BCUT2D eigenvalue weighted by molar-refractivity contribution is 5.93. The fourth-order valence-electron chi connectivity index (χ4n) is 4.59. The number of ether oxygens (including phenoxy) is 1. The number of ketones is 1. The van der Waals surface area contributed by atoms with Gasteiger partial charge in [-0.15, -0.1) is 0 Å². The molecule has 0 saturated heterocycles. The SMILES string of the molecule is C=C1c2c(O)cc(OC)cc2C=C2CCC(O)C(=O)/C=C\CC(C)CC(CO)[C@H]12. The van der Waals surface area contributed by atoms with E-state index in [-0.39, 0.29) is 35.9 Å². The predicted molar refractivity (Wildman–Crippen MR) is 114 cm³/mol. The minimum absolute atomic E-state index is 0.00279. The zero-order valence-electron chi connectivity index (χ0n) is 17.1. The molecule has 0 spiro atoms. The van der Waals surface area contributed by atoms with E-state index in [1.807, 2.05) is 18.2 Å². The average molecular weight is 398 g/mol. The number of phenolic OH excluding ortho intramolecular Hbond substituents is 1. The monoisotopic (exact) mass is 398 g/mol. The molecule has 0 aliphatic heterocycles. The van der Waals surface area contributed by atoms with Crippen LogP contribution < -0.4 is 4.74 Å². The fourth-order valence-corrected chi connectivity index (χ4v) is 4.59. The first-order chi connectivity index (χ1) is 13.8. The van der Waals surface area contributed by atoms with Gasteiger partial charge < -0.3 is 20.1 Å². The summed E-state index contributed by atoms with van der Waals surface area (Å²) in [4.78, 5) is 12.1. The van der Waals surface area contributed by atoms with Crippen molar-refractivity contribution in [2.45, 2.75) is 38.7 Å². The molecule has 0 amide bonds. The number of fused-ring (bicyclic) bond motifs is 2. The molecule has 5 nitrogen and oxygen atoms in total. The largest absolute Gasteiger partial charge is 0.507 e.